The van der Waals surface area contributed by atoms with E-state index in [4.69, 9.17) is 14.6 Å². The summed E-state index contributed by atoms with van der Waals surface area (Å²) in [4.78, 5) is 0. The molecular weight excluding hydrogens is 218 g/mol. The van der Waals surface area contributed by atoms with Gasteiger partial charge in [0.05, 0.1) is 32.0 Å². The maximum Gasteiger partial charge on any atom is 0.0707 e. The van der Waals surface area contributed by atoms with Crippen molar-refractivity contribution in [2.24, 2.45) is 0 Å². The summed E-state index contributed by atoms with van der Waals surface area (Å²) in [7, 11) is 0. The summed E-state index contributed by atoms with van der Waals surface area (Å²) in [5, 5.41) is 11.8. The molecule has 1 aliphatic rings. The second-order valence-corrected chi connectivity index (χ2v) is 3.88. The van der Waals surface area contributed by atoms with Gasteiger partial charge in [0.2, 0.25) is 0 Å². The summed E-state index contributed by atoms with van der Waals surface area (Å²) in [6.07, 6.45) is 2.12. The fourth-order valence-corrected chi connectivity index (χ4v) is 1.61. The minimum Gasteiger partial charge on any atom is -0.394 e. The summed E-state index contributed by atoms with van der Waals surface area (Å²) in [5.74, 6) is 0. The van der Waals surface area contributed by atoms with Gasteiger partial charge in [-0.25, -0.2) is 0 Å². The Bertz CT molecular complexity index is 152. The van der Waals surface area contributed by atoms with Crippen LogP contribution < -0.4 is 5.32 Å². The van der Waals surface area contributed by atoms with Gasteiger partial charge in [-0.1, -0.05) is 0 Å². The van der Waals surface area contributed by atoms with Crippen LogP contribution in [0.5, 0.6) is 0 Å². The van der Waals surface area contributed by atoms with E-state index in [0.717, 1.165) is 25.9 Å². The molecule has 0 aromatic rings. The number of hydrogen-bond donors (Lipinski definition) is 2. The second-order valence-electron chi connectivity index (χ2n) is 3.88. The van der Waals surface area contributed by atoms with Gasteiger partial charge >= 0.3 is 0 Å². The third-order valence-electron chi connectivity index (χ3n) is 2.58. The maximum absolute atomic E-state index is 8.49. The zero-order valence-corrected chi connectivity index (χ0v) is 10.1. The highest BCUT2D eigenvalue weighted by atomic mass is 35.5. The van der Waals surface area contributed by atoms with E-state index < -0.39 is 0 Å². The lowest BCUT2D eigenvalue weighted by Crippen LogP contribution is -2.42. The van der Waals surface area contributed by atoms with Crippen LogP contribution in [0, 0.1) is 0 Å². The molecule has 0 bridgehead atoms. The lowest BCUT2D eigenvalue weighted by molar-refractivity contribution is -0.0740. The van der Waals surface area contributed by atoms with Crippen LogP contribution in [0.15, 0.2) is 0 Å². The zero-order valence-electron chi connectivity index (χ0n) is 9.33. The van der Waals surface area contributed by atoms with E-state index in [1.807, 2.05) is 0 Å². The number of aliphatic hydroxyl groups excluding tert-OH is 1. The first-order chi connectivity index (χ1) is 6.77. The maximum atomic E-state index is 8.49. The fourth-order valence-electron chi connectivity index (χ4n) is 1.61. The Balaban J connectivity index is 0.00000196. The predicted octanol–water partition coefficient (Wildman–Crippen LogP) is 0.576. The van der Waals surface area contributed by atoms with Crippen molar-refractivity contribution in [2.45, 2.75) is 25.4 Å². The molecule has 0 radical (unpaired) electrons. The summed E-state index contributed by atoms with van der Waals surface area (Å²) >= 11 is 0. The van der Waals surface area contributed by atoms with Crippen LogP contribution in [0.2, 0.25) is 0 Å². The molecular formula is C10H22ClNO3. The molecule has 1 saturated heterocycles. The molecule has 0 amide bonds. The van der Waals surface area contributed by atoms with Gasteiger partial charge in [0.15, 0.2) is 0 Å². The van der Waals surface area contributed by atoms with Crippen molar-refractivity contribution in [3.05, 3.63) is 0 Å². The average Bonchev–Trinajstić information content (AvgIpc) is 2.18. The molecule has 0 saturated carbocycles. The highest BCUT2D eigenvalue weighted by Gasteiger charge is 2.26. The van der Waals surface area contributed by atoms with Crippen molar-refractivity contribution < 1.29 is 14.6 Å². The Morgan fingerprint density at radius 3 is 2.47 bits per heavy atom. The molecule has 1 aliphatic heterocycles. The number of piperidine rings is 1. The molecule has 0 aliphatic carbocycles. The molecule has 1 fully saturated rings. The molecule has 1 rings (SSSR count). The van der Waals surface area contributed by atoms with E-state index >= 15 is 0 Å². The third-order valence-corrected chi connectivity index (χ3v) is 2.58. The lowest BCUT2D eigenvalue weighted by Gasteiger charge is -2.34. The standard InChI is InChI=1S/C10H21NO3.ClH/c1-10(2-4-11-5-3-10)14-9-8-13-7-6-12;/h11-12H,2-9H2,1H3;1H. The first kappa shape index (κ1) is 15.1. The van der Waals surface area contributed by atoms with Gasteiger partial charge in [-0.15, -0.1) is 12.4 Å². The van der Waals surface area contributed by atoms with Gasteiger partial charge in [-0.3, -0.25) is 0 Å². The van der Waals surface area contributed by atoms with Crippen LogP contribution in [0.4, 0.5) is 0 Å². The molecule has 0 spiro atoms. The molecule has 0 aromatic heterocycles. The van der Waals surface area contributed by atoms with Gasteiger partial charge in [0.25, 0.3) is 0 Å². The predicted molar refractivity (Wildman–Crippen MR) is 61.6 cm³/mol. The minimum atomic E-state index is 0. The quantitative estimate of drug-likeness (QED) is 0.666. The van der Waals surface area contributed by atoms with Crippen molar-refractivity contribution in [2.75, 3.05) is 39.5 Å². The Hall–Kier alpha value is 0.130. The second kappa shape index (κ2) is 8.30. The molecule has 15 heavy (non-hydrogen) atoms. The largest absolute Gasteiger partial charge is 0.394 e. The Labute approximate surface area is 97.7 Å². The topological polar surface area (TPSA) is 50.7 Å². The summed E-state index contributed by atoms with van der Waals surface area (Å²) in [5.41, 5.74) is 0.0217. The van der Waals surface area contributed by atoms with Gasteiger partial charge < -0.3 is 19.9 Å². The Kier molecular flexibility index (Phi) is 8.37. The number of aliphatic hydroxyl groups is 1. The van der Waals surface area contributed by atoms with Crippen LogP contribution in [0.25, 0.3) is 0 Å². The molecule has 0 unspecified atom stereocenters. The number of rotatable bonds is 6. The molecule has 1 heterocycles. The number of halogens is 1. The van der Waals surface area contributed by atoms with Gasteiger partial charge in [0.1, 0.15) is 0 Å². The first-order valence-electron chi connectivity index (χ1n) is 5.30. The highest BCUT2D eigenvalue weighted by molar-refractivity contribution is 5.85. The number of ether oxygens (including phenoxy) is 2. The van der Waals surface area contributed by atoms with E-state index in [2.05, 4.69) is 12.2 Å². The smallest absolute Gasteiger partial charge is 0.0707 e. The van der Waals surface area contributed by atoms with Crippen LogP contribution in [-0.2, 0) is 9.47 Å². The summed E-state index contributed by atoms with van der Waals surface area (Å²) < 4.78 is 10.9. The summed E-state index contributed by atoms with van der Waals surface area (Å²) in [6.45, 7) is 5.91. The van der Waals surface area contributed by atoms with E-state index in [-0.39, 0.29) is 24.6 Å². The van der Waals surface area contributed by atoms with Gasteiger partial charge in [0, 0.05) is 0 Å². The lowest BCUT2D eigenvalue weighted by atomic mass is 9.95. The van der Waals surface area contributed by atoms with Crippen LogP contribution >= 0.6 is 12.4 Å². The molecule has 2 N–H and O–H groups in total. The van der Waals surface area contributed by atoms with E-state index in [9.17, 15) is 0 Å². The summed E-state index contributed by atoms with van der Waals surface area (Å²) in [6, 6.07) is 0. The van der Waals surface area contributed by atoms with Crippen molar-refractivity contribution in [3.8, 4) is 0 Å². The molecule has 5 heteroatoms. The molecule has 4 nitrogen and oxygen atoms in total. The van der Waals surface area contributed by atoms with Crippen LogP contribution in [-0.4, -0.2) is 50.2 Å². The SMILES string of the molecule is CC1(OCCOCCO)CCNCC1.Cl. The van der Waals surface area contributed by atoms with E-state index in [1.54, 1.807) is 0 Å². The van der Waals surface area contributed by atoms with E-state index in [0.29, 0.717) is 19.8 Å². The minimum absolute atomic E-state index is 0. The monoisotopic (exact) mass is 239 g/mol. The fraction of sp³-hybridized carbons (Fsp3) is 1.00. The van der Waals surface area contributed by atoms with Gasteiger partial charge in [-0.2, -0.15) is 0 Å². The van der Waals surface area contributed by atoms with E-state index in [1.165, 1.54) is 0 Å². The van der Waals surface area contributed by atoms with Crippen LogP contribution in [0.1, 0.15) is 19.8 Å². The normalized spacial score (nSPS) is 19.6. The Morgan fingerprint density at radius 2 is 1.87 bits per heavy atom. The highest BCUT2D eigenvalue weighted by Crippen LogP contribution is 2.21. The third kappa shape index (κ3) is 6.33. The van der Waals surface area contributed by atoms with Gasteiger partial charge in [-0.05, 0) is 32.9 Å². The van der Waals surface area contributed by atoms with Crippen molar-refractivity contribution in [1.29, 1.82) is 0 Å². The number of hydrogen-bond acceptors (Lipinski definition) is 4. The molecule has 0 atom stereocenters. The Morgan fingerprint density at radius 1 is 1.20 bits per heavy atom. The average molecular weight is 240 g/mol. The van der Waals surface area contributed by atoms with Crippen molar-refractivity contribution in [3.63, 3.8) is 0 Å². The molecule has 0 aromatic carbocycles. The first-order valence-corrected chi connectivity index (χ1v) is 5.30. The van der Waals surface area contributed by atoms with Crippen molar-refractivity contribution >= 4 is 12.4 Å². The number of nitrogens with one attached hydrogen (secondary N) is 1. The molecule has 92 valence electrons. The zero-order chi connectivity index (χ0) is 10.3. The van der Waals surface area contributed by atoms with Crippen LogP contribution in [0.3, 0.4) is 0 Å². The van der Waals surface area contributed by atoms with Crippen molar-refractivity contribution in [1.82, 2.24) is 5.32 Å².